The Labute approximate surface area is 126 Å². The van der Waals surface area contributed by atoms with Crippen LogP contribution in [0.2, 0.25) is 0 Å². The molecule has 0 saturated carbocycles. The number of aliphatic carboxylic acids is 1. The molecule has 0 aromatic heterocycles. The largest absolute Gasteiger partial charge is 0.508 e. The second kappa shape index (κ2) is 5.14. The molecule has 6 heteroatoms. The van der Waals surface area contributed by atoms with Gasteiger partial charge in [-0.05, 0) is 12.5 Å². The van der Waals surface area contributed by atoms with Gasteiger partial charge in [-0.2, -0.15) is 0 Å². The zero-order chi connectivity index (χ0) is 15.9. The Kier molecular flexibility index (Phi) is 3.29. The number of para-hydroxylation sites is 1. The van der Waals surface area contributed by atoms with Gasteiger partial charge in [0, 0.05) is 34.9 Å². The summed E-state index contributed by atoms with van der Waals surface area (Å²) in [5.41, 5.74) is 1.36. The number of aromatic hydroxyl groups is 3. The number of carbonyl (C=O) groups is 1. The van der Waals surface area contributed by atoms with Crippen molar-refractivity contribution in [3.05, 3.63) is 47.5 Å². The number of fused-ring (bicyclic) bond motifs is 1. The molecule has 0 spiro atoms. The van der Waals surface area contributed by atoms with Gasteiger partial charge in [0.15, 0.2) is 0 Å². The van der Waals surface area contributed by atoms with Gasteiger partial charge in [-0.15, -0.1) is 0 Å². The highest BCUT2D eigenvalue weighted by Gasteiger charge is 2.35. The van der Waals surface area contributed by atoms with Crippen LogP contribution in [0, 0.1) is 0 Å². The molecule has 6 nitrogen and oxygen atoms in total. The van der Waals surface area contributed by atoms with Crippen LogP contribution in [-0.2, 0) is 4.79 Å². The number of hydrogen-bond donors (Lipinski definition) is 5. The van der Waals surface area contributed by atoms with Crippen molar-refractivity contribution in [2.75, 3.05) is 5.32 Å². The third kappa shape index (κ3) is 2.28. The molecule has 1 aliphatic heterocycles. The molecule has 2 atom stereocenters. The molecule has 1 heterocycles. The number of nitrogens with one attached hydrogen (secondary N) is 1. The summed E-state index contributed by atoms with van der Waals surface area (Å²) in [6, 6.07) is 8.32. The minimum Gasteiger partial charge on any atom is -0.508 e. The van der Waals surface area contributed by atoms with Crippen molar-refractivity contribution in [3.8, 4) is 17.2 Å². The molecule has 0 fully saturated rings. The highest BCUT2D eigenvalue weighted by Crippen LogP contribution is 2.47. The predicted octanol–water partition coefficient (Wildman–Crippen LogP) is 2.20. The van der Waals surface area contributed by atoms with Crippen LogP contribution < -0.4 is 5.32 Å². The Balaban J connectivity index is 2.18. The maximum atomic E-state index is 11.3. The summed E-state index contributed by atoms with van der Waals surface area (Å²) in [5.74, 6) is -1.78. The number of benzene rings is 2. The molecule has 0 bridgehead atoms. The maximum Gasteiger partial charge on any atom is 0.326 e. The van der Waals surface area contributed by atoms with Gasteiger partial charge < -0.3 is 25.7 Å². The van der Waals surface area contributed by atoms with Gasteiger partial charge in [0.2, 0.25) is 0 Å². The number of phenolic OH excluding ortho intramolecular Hbond substituents is 3. The summed E-state index contributed by atoms with van der Waals surface area (Å²) >= 11 is 0. The van der Waals surface area contributed by atoms with Crippen molar-refractivity contribution < 1.29 is 25.2 Å². The molecule has 0 aliphatic carbocycles. The van der Waals surface area contributed by atoms with Gasteiger partial charge >= 0.3 is 5.97 Å². The minimum atomic E-state index is -1.03. The van der Waals surface area contributed by atoms with E-state index in [0.29, 0.717) is 16.8 Å². The fourth-order valence-electron chi connectivity index (χ4n) is 2.94. The number of carboxylic acid groups (broad SMARTS) is 1. The van der Waals surface area contributed by atoms with Gasteiger partial charge in [-0.3, -0.25) is 0 Å². The van der Waals surface area contributed by atoms with E-state index in [1.165, 1.54) is 18.2 Å². The quantitative estimate of drug-likeness (QED) is 0.581. The lowest BCUT2D eigenvalue weighted by Crippen LogP contribution is -2.35. The van der Waals surface area contributed by atoms with E-state index in [1.54, 1.807) is 18.2 Å². The first-order valence-electron chi connectivity index (χ1n) is 6.80. The Bertz CT molecular complexity index is 743. The number of hydrogen-bond acceptors (Lipinski definition) is 5. The average molecular weight is 301 g/mol. The summed E-state index contributed by atoms with van der Waals surface area (Å²) < 4.78 is 0. The molecule has 22 heavy (non-hydrogen) atoms. The zero-order valence-corrected chi connectivity index (χ0v) is 11.5. The van der Waals surface area contributed by atoms with Crippen molar-refractivity contribution in [2.24, 2.45) is 0 Å². The van der Waals surface area contributed by atoms with Gasteiger partial charge in [0.1, 0.15) is 23.3 Å². The molecule has 2 aromatic rings. The molecule has 0 radical (unpaired) electrons. The summed E-state index contributed by atoms with van der Waals surface area (Å²) in [5, 5.41) is 41.9. The molecule has 2 aromatic carbocycles. The van der Waals surface area contributed by atoms with Gasteiger partial charge in [-0.1, -0.05) is 18.2 Å². The van der Waals surface area contributed by atoms with E-state index < -0.39 is 17.9 Å². The lowest BCUT2D eigenvalue weighted by atomic mass is 9.81. The first kappa shape index (κ1) is 14.1. The lowest BCUT2D eigenvalue weighted by Gasteiger charge is -2.32. The Morgan fingerprint density at radius 1 is 1.09 bits per heavy atom. The van der Waals surface area contributed by atoms with E-state index >= 15 is 0 Å². The first-order chi connectivity index (χ1) is 10.5. The summed E-state index contributed by atoms with van der Waals surface area (Å²) in [6.45, 7) is 0. The second-order valence-electron chi connectivity index (χ2n) is 5.31. The predicted molar refractivity (Wildman–Crippen MR) is 79.4 cm³/mol. The van der Waals surface area contributed by atoms with Crippen LogP contribution in [0.5, 0.6) is 17.2 Å². The monoisotopic (exact) mass is 301 g/mol. The zero-order valence-electron chi connectivity index (χ0n) is 11.5. The lowest BCUT2D eigenvalue weighted by molar-refractivity contribution is -0.138. The van der Waals surface area contributed by atoms with Crippen molar-refractivity contribution in [3.63, 3.8) is 0 Å². The maximum absolute atomic E-state index is 11.3. The van der Waals surface area contributed by atoms with Crippen molar-refractivity contribution in [1.29, 1.82) is 0 Å². The molecule has 0 amide bonds. The van der Waals surface area contributed by atoms with Crippen LogP contribution in [0.1, 0.15) is 23.5 Å². The van der Waals surface area contributed by atoms with Crippen LogP contribution in [0.4, 0.5) is 5.69 Å². The number of anilines is 1. The van der Waals surface area contributed by atoms with E-state index in [0.717, 1.165) is 0 Å². The highest BCUT2D eigenvalue weighted by molar-refractivity contribution is 5.81. The van der Waals surface area contributed by atoms with Gasteiger partial charge in [-0.25, -0.2) is 4.79 Å². The number of phenols is 3. The molecule has 1 aliphatic rings. The Hall–Kier alpha value is -2.89. The normalized spacial score (nSPS) is 20.0. The molecule has 0 saturated heterocycles. The smallest absolute Gasteiger partial charge is 0.326 e. The van der Waals surface area contributed by atoms with Crippen molar-refractivity contribution in [2.45, 2.75) is 18.4 Å². The molecule has 5 N–H and O–H groups in total. The number of rotatable bonds is 2. The van der Waals surface area contributed by atoms with Crippen LogP contribution in [-0.4, -0.2) is 32.4 Å². The Morgan fingerprint density at radius 3 is 2.50 bits per heavy atom. The minimum absolute atomic E-state index is 0.0389. The fraction of sp³-hybridized carbons (Fsp3) is 0.188. The van der Waals surface area contributed by atoms with Gasteiger partial charge in [0.05, 0.1) is 0 Å². The topological polar surface area (TPSA) is 110 Å². The SMILES string of the molecule is O=C(O)C1CC(c2ccccc2O)c2c(O)cc(O)cc2N1. The molecule has 114 valence electrons. The number of carboxylic acids is 1. The molecular weight excluding hydrogens is 286 g/mol. The van der Waals surface area contributed by atoms with Gasteiger partial charge in [0.25, 0.3) is 0 Å². The summed E-state index contributed by atoms with van der Waals surface area (Å²) in [4.78, 5) is 11.3. The van der Waals surface area contributed by atoms with E-state index in [1.807, 2.05) is 0 Å². The molecule has 2 unspecified atom stereocenters. The average Bonchev–Trinajstić information content (AvgIpc) is 2.46. The summed E-state index contributed by atoms with van der Waals surface area (Å²) in [6.07, 6.45) is 0.179. The first-order valence-corrected chi connectivity index (χ1v) is 6.80. The molecule has 3 rings (SSSR count). The van der Waals surface area contributed by atoms with Crippen LogP contribution in [0.15, 0.2) is 36.4 Å². The van der Waals surface area contributed by atoms with E-state index in [9.17, 15) is 25.2 Å². The van der Waals surface area contributed by atoms with Crippen LogP contribution in [0.3, 0.4) is 0 Å². The van der Waals surface area contributed by atoms with Crippen LogP contribution >= 0.6 is 0 Å². The third-order valence-corrected chi connectivity index (χ3v) is 3.90. The van der Waals surface area contributed by atoms with Crippen molar-refractivity contribution in [1.82, 2.24) is 0 Å². The van der Waals surface area contributed by atoms with Crippen molar-refractivity contribution >= 4 is 11.7 Å². The van der Waals surface area contributed by atoms with E-state index in [2.05, 4.69) is 5.32 Å². The fourth-order valence-corrected chi connectivity index (χ4v) is 2.94. The van der Waals surface area contributed by atoms with E-state index in [4.69, 9.17) is 0 Å². The standard InChI is InChI=1S/C16H15NO5/c18-8-5-11-15(14(20)6-8)10(7-12(17-11)16(21)22)9-3-1-2-4-13(9)19/h1-6,10,12,17-20H,7H2,(H,21,22). The third-order valence-electron chi connectivity index (χ3n) is 3.90. The Morgan fingerprint density at radius 2 is 1.82 bits per heavy atom. The highest BCUT2D eigenvalue weighted by atomic mass is 16.4. The molecular formula is C16H15NO5. The van der Waals surface area contributed by atoms with E-state index in [-0.39, 0.29) is 23.7 Å². The summed E-state index contributed by atoms with van der Waals surface area (Å²) in [7, 11) is 0. The van der Waals surface area contributed by atoms with Crippen LogP contribution in [0.25, 0.3) is 0 Å². The second-order valence-corrected chi connectivity index (χ2v) is 5.31.